The molecule has 0 unspecified atom stereocenters. The van der Waals surface area contributed by atoms with Crippen molar-refractivity contribution < 1.29 is 13.5 Å². The lowest BCUT2D eigenvalue weighted by Gasteiger charge is -2.16. The smallest absolute Gasteiger partial charge is 0.244 e. The van der Waals surface area contributed by atoms with Gasteiger partial charge in [0.15, 0.2) is 0 Å². The molecule has 6 nitrogen and oxygen atoms in total. The van der Waals surface area contributed by atoms with Gasteiger partial charge in [-0.1, -0.05) is 0 Å². The highest BCUT2D eigenvalue weighted by atomic mass is 32.2. The van der Waals surface area contributed by atoms with Crippen LogP contribution in [0.2, 0.25) is 0 Å². The summed E-state index contributed by atoms with van der Waals surface area (Å²) >= 11 is 0. The van der Waals surface area contributed by atoms with E-state index < -0.39 is 10.0 Å². The Bertz CT molecular complexity index is 709. The lowest BCUT2D eigenvalue weighted by molar-refractivity contribution is 0.281. The summed E-state index contributed by atoms with van der Waals surface area (Å²) in [5.41, 5.74) is 6.99. The number of aromatic nitrogens is 1. The van der Waals surface area contributed by atoms with Crippen LogP contribution in [0.3, 0.4) is 0 Å². The third-order valence-corrected chi connectivity index (χ3v) is 5.38. The van der Waals surface area contributed by atoms with Crippen LogP contribution < -0.4 is 5.73 Å². The number of hydrogen-bond donors (Lipinski definition) is 3. The van der Waals surface area contributed by atoms with Crippen LogP contribution in [0, 0.1) is 0 Å². The van der Waals surface area contributed by atoms with Crippen molar-refractivity contribution in [1.29, 1.82) is 0 Å². The molecule has 0 saturated carbocycles. The van der Waals surface area contributed by atoms with Crippen molar-refractivity contribution >= 4 is 26.6 Å². The van der Waals surface area contributed by atoms with Crippen molar-refractivity contribution in [1.82, 2.24) is 9.29 Å². The van der Waals surface area contributed by atoms with Crippen molar-refractivity contribution in [2.75, 3.05) is 25.9 Å². The van der Waals surface area contributed by atoms with Crippen LogP contribution in [0.25, 0.3) is 10.9 Å². The van der Waals surface area contributed by atoms with Crippen molar-refractivity contribution in [3.63, 3.8) is 0 Å². The van der Waals surface area contributed by atoms with Gasteiger partial charge in [0.25, 0.3) is 0 Å². The molecule has 2 aromatic rings. The molecule has 1 aromatic heterocycles. The molecule has 1 heterocycles. The maximum atomic E-state index is 12.6. The largest absolute Gasteiger partial charge is 0.399 e. The number of aliphatic hydroxyl groups is 1. The standard InChI is InChI=1S/C14H21N3O3S/c1-17(7-3-2-4-8-18)21(19,20)14-10-16-13-9-11(15)5-6-12(13)14/h5-6,9-10,16,18H,2-4,7-8,15H2,1H3. The zero-order valence-electron chi connectivity index (χ0n) is 12.0. The van der Waals surface area contributed by atoms with Crippen LogP contribution in [0.5, 0.6) is 0 Å². The lowest BCUT2D eigenvalue weighted by Crippen LogP contribution is -2.27. The van der Waals surface area contributed by atoms with Crippen LogP contribution >= 0.6 is 0 Å². The number of benzene rings is 1. The molecule has 0 aliphatic heterocycles. The second-order valence-corrected chi connectivity index (χ2v) is 7.08. The number of anilines is 1. The predicted octanol–water partition coefficient (Wildman–Crippen LogP) is 1.53. The Balaban J connectivity index is 2.21. The maximum Gasteiger partial charge on any atom is 0.244 e. The third kappa shape index (κ3) is 3.37. The molecule has 1 aromatic carbocycles. The topological polar surface area (TPSA) is 99.4 Å². The highest BCUT2D eigenvalue weighted by Gasteiger charge is 2.23. The first-order valence-corrected chi connectivity index (χ1v) is 8.34. The fourth-order valence-corrected chi connectivity index (χ4v) is 3.61. The number of fused-ring (bicyclic) bond motifs is 1. The molecule has 2 rings (SSSR count). The molecule has 0 atom stereocenters. The van der Waals surface area contributed by atoms with E-state index in [0.717, 1.165) is 12.8 Å². The lowest BCUT2D eigenvalue weighted by atomic mass is 10.2. The number of aliphatic hydroxyl groups excluding tert-OH is 1. The van der Waals surface area contributed by atoms with E-state index in [0.29, 0.717) is 29.6 Å². The summed E-state index contributed by atoms with van der Waals surface area (Å²) in [6.45, 7) is 0.574. The molecular weight excluding hydrogens is 290 g/mol. The second kappa shape index (κ2) is 6.46. The van der Waals surface area contributed by atoms with E-state index >= 15 is 0 Å². The van der Waals surface area contributed by atoms with Gasteiger partial charge in [0.2, 0.25) is 10.0 Å². The highest BCUT2D eigenvalue weighted by Crippen LogP contribution is 2.26. The molecule has 21 heavy (non-hydrogen) atoms. The van der Waals surface area contributed by atoms with Gasteiger partial charge in [0.05, 0.1) is 0 Å². The Kier molecular flexibility index (Phi) is 4.87. The van der Waals surface area contributed by atoms with Crippen molar-refractivity contribution in [3.8, 4) is 0 Å². The summed E-state index contributed by atoms with van der Waals surface area (Å²) in [6, 6.07) is 5.12. The fraction of sp³-hybridized carbons (Fsp3) is 0.429. The number of rotatable bonds is 7. The zero-order valence-corrected chi connectivity index (χ0v) is 12.9. The Hall–Kier alpha value is -1.57. The van der Waals surface area contributed by atoms with Gasteiger partial charge in [0, 0.05) is 43.0 Å². The number of nitrogens with two attached hydrogens (primary N) is 1. The van der Waals surface area contributed by atoms with Crippen molar-refractivity contribution in [3.05, 3.63) is 24.4 Å². The third-order valence-electron chi connectivity index (χ3n) is 3.49. The summed E-state index contributed by atoms with van der Waals surface area (Å²) in [5, 5.41) is 9.38. The van der Waals surface area contributed by atoms with Crippen LogP contribution in [-0.4, -0.2) is 43.0 Å². The average molecular weight is 311 g/mol. The predicted molar refractivity (Wildman–Crippen MR) is 83.5 cm³/mol. The highest BCUT2D eigenvalue weighted by molar-refractivity contribution is 7.89. The minimum absolute atomic E-state index is 0.139. The number of unbranched alkanes of at least 4 members (excludes halogenated alkanes) is 2. The molecule has 116 valence electrons. The number of sulfonamides is 1. The van der Waals surface area contributed by atoms with Gasteiger partial charge in [-0.05, 0) is 37.5 Å². The summed E-state index contributed by atoms with van der Waals surface area (Å²) in [6.07, 6.45) is 3.73. The Morgan fingerprint density at radius 3 is 2.76 bits per heavy atom. The number of aromatic amines is 1. The summed E-state index contributed by atoms with van der Waals surface area (Å²) in [7, 11) is -1.95. The normalized spacial score (nSPS) is 12.3. The van der Waals surface area contributed by atoms with E-state index in [2.05, 4.69) is 4.98 Å². The molecule has 4 N–H and O–H groups in total. The zero-order chi connectivity index (χ0) is 15.5. The van der Waals surface area contributed by atoms with Gasteiger partial charge in [-0.15, -0.1) is 0 Å². The van der Waals surface area contributed by atoms with Gasteiger partial charge in [-0.3, -0.25) is 0 Å². The number of nitrogens with zero attached hydrogens (tertiary/aromatic N) is 1. The Morgan fingerprint density at radius 2 is 2.05 bits per heavy atom. The molecule has 0 spiro atoms. The van der Waals surface area contributed by atoms with Crippen LogP contribution in [0.15, 0.2) is 29.3 Å². The van der Waals surface area contributed by atoms with E-state index in [1.807, 2.05) is 0 Å². The van der Waals surface area contributed by atoms with Crippen molar-refractivity contribution in [2.24, 2.45) is 0 Å². The fourth-order valence-electron chi connectivity index (χ4n) is 2.24. The minimum atomic E-state index is -3.52. The quantitative estimate of drug-likeness (QED) is 0.533. The summed E-state index contributed by atoms with van der Waals surface area (Å²) < 4.78 is 26.5. The molecule has 0 saturated heterocycles. The monoisotopic (exact) mass is 311 g/mol. The number of nitrogen functional groups attached to an aromatic ring is 1. The average Bonchev–Trinajstić information content (AvgIpc) is 2.86. The maximum absolute atomic E-state index is 12.6. The second-order valence-electron chi connectivity index (χ2n) is 5.07. The van der Waals surface area contributed by atoms with Gasteiger partial charge >= 0.3 is 0 Å². The molecule has 0 aliphatic carbocycles. The van der Waals surface area contributed by atoms with E-state index in [1.54, 1.807) is 25.2 Å². The summed E-state index contributed by atoms with van der Waals surface area (Å²) in [4.78, 5) is 3.21. The molecule has 7 heteroatoms. The molecule has 0 fully saturated rings. The molecule has 0 amide bonds. The molecule has 0 aliphatic rings. The molecular formula is C14H21N3O3S. The number of nitrogens with one attached hydrogen (secondary N) is 1. The van der Waals surface area contributed by atoms with Crippen molar-refractivity contribution in [2.45, 2.75) is 24.2 Å². The molecule has 0 radical (unpaired) electrons. The van der Waals surface area contributed by atoms with E-state index in [1.165, 1.54) is 10.5 Å². The number of hydrogen-bond acceptors (Lipinski definition) is 4. The van der Waals surface area contributed by atoms with E-state index in [9.17, 15) is 8.42 Å². The van der Waals surface area contributed by atoms with Crippen LogP contribution in [0.4, 0.5) is 5.69 Å². The van der Waals surface area contributed by atoms with E-state index in [4.69, 9.17) is 10.8 Å². The van der Waals surface area contributed by atoms with Gasteiger partial charge in [0.1, 0.15) is 4.90 Å². The first-order chi connectivity index (χ1) is 9.96. The summed E-state index contributed by atoms with van der Waals surface area (Å²) in [5.74, 6) is 0. The first kappa shape index (κ1) is 15.8. The van der Waals surface area contributed by atoms with Gasteiger partial charge in [-0.25, -0.2) is 12.7 Å². The van der Waals surface area contributed by atoms with Gasteiger partial charge in [-0.2, -0.15) is 0 Å². The number of H-pyrrole nitrogens is 1. The Morgan fingerprint density at radius 1 is 1.29 bits per heavy atom. The molecule has 0 bridgehead atoms. The van der Waals surface area contributed by atoms with Crippen LogP contribution in [0.1, 0.15) is 19.3 Å². The minimum Gasteiger partial charge on any atom is -0.399 e. The van der Waals surface area contributed by atoms with Gasteiger partial charge < -0.3 is 15.8 Å². The first-order valence-electron chi connectivity index (χ1n) is 6.90. The Labute approximate surface area is 124 Å². The van der Waals surface area contributed by atoms with Crippen LogP contribution in [-0.2, 0) is 10.0 Å². The van der Waals surface area contributed by atoms with E-state index in [-0.39, 0.29) is 11.5 Å². The SMILES string of the molecule is CN(CCCCCO)S(=O)(=O)c1c[nH]c2cc(N)ccc12.